The van der Waals surface area contributed by atoms with Crippen LogP contribution in [-0.2, 0) is 16.6 Å². The maximum absolute atomic E-state index is 12.9. The third-order valence-electron chi connectivity index (χ3n) is 2.45. The standard InChI is InChI=1S/C13H11ClFNOS/c14-10-2-1-3-12(6-10)18(17)8-9-4-5-11(15)7-13(9)16/h1-7H,8,16H2. The molecule has 0 aliphatic carbocycles. The number of halogens is 2. The smallest absolute Gasteiger partial charge is 0.125 e. The van der Waals surface area contributed by atoms with Gasteiger partial charge in [0.1, 0.15) is 5.82 Å². The lowest BCUT2D eigenvalue weighted by Gasteiger charge is -2.06. The topological polar surface area (TPSA) is 43.1 Å². The van der Waals surface area contributed by atoms with E-state index in [1.807, 2.05) is 0 Å². The third-order valence-corrected chi connectivity index (χ3v) is 4.04. The summed E-state index contributed by atoms with van der Waals surface area (Å²) in [7, 11) is -1.25. The average molecular weight is 284 g/mol. The van der Waals surface area contributed by atoms with Gasteiger partial charge >= 0.3 is 0 Å². The fraction of sp³-hybridized carbons (Fsp3) is 0.0769. The van der Waals surface area contributed by atoms with Crippen LogP contribution in [0.25, 0.3) is 0 Å². The Morgan fingerprint density at radius 1 is 1.22 bits per heavy atom. The monoisotopic (exact) mass is 283 g/mol. The zero-order chi connectivity index (χ0) is 13.1. The zero-order valence-corrected chi connectivity index (χ0v) is 11.0. The van der Waals surface area contributed by atoms with Crippen molar-refractivity contribution < 1.29 is 8.60 Å². The predicted octanol–water partition coefficient (Wildman–Crippen LogP) is 3.37. The lowest BCUT2D eigenvalue weighted by molar-refractivity contribution is 0.628. The molecule has 2 aromatic rings. The summed E-state index contributed by atoms with van der Waals surface area (Å²) in [5, 5.41) is 0.535. The largest absolute Gasteiger partial charge is 0.398 e. The van der Waals surface area contributed by atoms with E-state index in [0.29, 0.717) is 21.2 Å². The molecule has 1 atom stereocenters. The van der Waals surface area contributed by atoms with Crippen LogP contribution in [0.2, 0.25) is 5.02 Å². The molecule has 0 fully saturated rings. The molecule has 5 heteroatoms. The van der Waals surface area contributed by atoms with Crippen LogP contribution in [0.5, 0.6) is 0 Å². The van der Waals surface area contributed by atoms with Crippen molar-refractivity contribution >= 4 is 28.1 Å². The quantitative estimate of drug-likeness (QED) is 0.878. The summed E-state index contributed by atoms with van der Waals surface area (Å²) in [6.07, 6.45) is 0. The number of hydrogen-bond acceptors (Lipinski definition) is 2. The number of hydrogen-bond donors (Lipinski definition) is 1. The van der Waals surface area contributed by atoms with Crippen LogP contribution in [0.4, 0.5) is 10.1 Å². The molecule has 1 unspecified atom stereocenters. The molecule has 2 N–H and O–H groups in total. The van der Waals surface area contributed by atoms with Crippen LogP contribution in [-0.4, -0.2) is 4.21 Å². The van der Waals surface area contributed by atoms with Crippen molar-refractivity contribution in [1.29, 1.82) is 0 Å². The van der Waals surface area contributed by atoms with Crippen LogP contribution < -0.4 is 5.73 Å². The summed E-state index contributed by atoms with van der Waals surface area (Å²) in [6, 6.07) is 10.9. The fourth-order valence-electron chi connectivity index (χ4n) is 1.53. The first-order chi connectivity index (χ1) is 8.56. The number of nitrogens with two attached hydrogens (primary N) is 1. The molecule has 0 aromatic heterocycles. The first kappa shape index (κ1) is 13.1. The molecule has 0 spiro atoms. The van der Waals surface area contributed by atoms with Gasteiger partial charge in [-0.2, -0.15) is 0 Å². The van der Waals surface area contributed by atoms with Crippen LogP contribution >= 0.6 is 11.6 Å². The van der Waals surface area contributed by atoms with Crippen molar-refractivity contribution in [3.8, 4) is 0 Å². The molecule has 0 amide bonds. The number of nitrogen functional groups attached to an aromatic ring is 1. The molecule has 2 nitrogen and oxygen atoms in total. The number of benzene rings is 2. The van der Waals surface area contributed by atoms with Crippen LogP contribution in [0.1, 0.15) is 5.56 Å². The fourth-order valence-corrected chi connectivity index (χ4v) is 2.99. The van der Waals surface area contributed by atoms with Crippen molar-refractivity contribution in [1.82, 2.24) is 0 Å². The first-order valence-corrected chi connectivity index (χ1v) is 6.94. The molecular formula is C13H11ClFNOS. The Bertz CT molecular complexity index is 603. The Morgan fingerprint density at radius 2 is 2.00 bits per heavy atom. The molecule has 0 saturated carbocycles. The molecule has 2 rings (SSSR count). The van der Waals surface area contributed by atoms with E-state index in [-0.39, 0.29) is 5.75 Å². The summed E-state index contributed by atoms with van der Waals surface area (Å²) in [5.74, 6) is -0.156. The summed E-state index contributed by atoms with van der Waals surface area (Å²) in [4.78, 5) is 0.631. The highest BCUT2D eigenvalue weighted by Crippen LogP contribution is 2.20. The van der Waals surface area contributed by atoms with Crippen LogP contribution in [0.15, 0.2) is 47.4 Å². The van der Waals surface area contributed by atoms with Gasteiger partial charge in [0.05, 0.1) is 16.6 Å². The molecule has 0 aliphatic rings. The van der Waals surface area contributed by atoms with Crippen molar-refractivity contribution in [3.05, 3.63) is 58.9 Å². The lowest BCUT2D eigenvalue weighted by Crippen LogP contribution is -2.01. The second-order valence-corrected chi connectivity index (χ2v) is 5.68. The van der Waals surface area contributed by atoms with E-state index in [2.05, 4.69) is 0 Å². The molecule has 94 valence electrons. The van der Waals surface area contributed by atoms with Gasteiger partial charge in [-0.25, -0.2) is 4.39 Å². The van der Waals surface area contributed by atoms with Crippen molar-refractivity contribution in [3.63, 3.8) is 0 Å². The molecule has 0 saturated heterocycles. The minimum atomic E-state index is -1.25. The number of rotatable bonds is 3. The zero-order valence-electron chi connectivity index (χ0n) is 9.40. The SMILES string of the molecule is Nc1cc(F)ccc1CS(=O)c1cccc(Cl)c1. The first-order valence-electron chi connectivity index (χ1n) is 5.24. The van der Waals surface area contributed by atoms with Gasteiger partial charge in [-0.05, 0) is 35.9 Å². The molecular weight excluding hydrogens is 273 g/mol. The average Bonchev–Trinajstić information content (AvgIpc) is 2.32. The van der Waals surface area contributed by atoms with E-state index in [9.17, 15) is 8.60 Å². The lowest BCUT2D eigenvalue weighted by atomic mass is 10.2. The highest BCUT2D eigenvalue weighted by molar-refractivity contribution is 7.84. The Kier molecular flexibility index (Phi) is 3.99. The minimum Gasteiger partial charge on any atom is -0.398 e. The number of anilines is 1. The second-order valence-electron chi connectivity index (χ2n) is 3.79. The summed E-state index contributed by atoms with van der Waals surface area (Å²) >= 11 is 5.84. The maximum Gasteiger partial charge on any atom is 0.125 e. The van der Waals surface area contributed by atoms with Crippen LogP contribution in [0.3, 0.4) is 0 Å². The van der Waals surface area contributed by atoms with E-state index < -0.39 is 16.6 Å². The van der Waals surface area contributed by atoms with E-state index >= 15 is 0 Å². The Hall–Kier alpha value is -1.39. The van der Waals surface area contributed by atoms with Crippen molar-refractivity contribution in [2.45, 2.75) is 10.6 Å². The summed E-state index contributed by atoms with van der Waals surface area (Å²) in [5.41, 5.74) is 6.65. The summed E-state index contributed by atoms with van der Waals surface area (Å²) in [6.45, 7) is 0. The van der Waals surface area contributed by atoms with Gasteiger partial charge in [-0.15, -0.1) is 0 Å². The molecule has 2 aromatic carbocycles. The molecule has 18 heavy (non-hydrogen) atoms. The third kappa shape index (κ3) is 3.09. The highest BCUT2D eigenvalue weighted by Gasteiger charge is 2.08. The van der Waals surface area contributed by atoms with Gasteiger partial charge in [0.25, 0.3) is 0 Å². The summed E-state index contributed by atoms with van der Waals surface area (Å²) < 4.78 is 25.0. The maximum atomic E-state index is 12.9. The van der Waals surface area contributed by atoms with Gasteiger partial charge in [-0.3, -0.25) is 4.21 Å². The van der Waals surface area contributed by atoms with Crippen LogP contribution in [0, 0.1) is 5.82 Å². The van der Waals surface area contributed by atoms with Crippen molar-refractivity contribution in [2.24, 2.45) is 0 Å². The van der Waals surface area contributed by atoms with E-state index in [1.54, 1.807) is 30.3 Å². The Balaban J connectivity index is 2.21. The molecule has 0 aliphatic heterocycles. The highest BCUT2D eigenvalue weighted by atomic mass is 35.5. The molecule has 0 radical (unpaired) electrons. The minimum absolute atomic E-state index is 0.243. The molecule has 0 heterocycles. The van der Waals surface area contributed by atoms with Gasteiger partial charge < -0.3 is 5.73 Å². The van der Waals surface area contributed by atoms with Gasteiger partial charge in [-0.1, -0.05) is 23.7 Å². The predicted molar refractivity (Wildman–Crippen MR) is 72.4 cm³/mol. The van der Waals surface area contributed by atoms with Crippen molar-refractivity contribution in [2.75, 3.05) is 5.73 Å². The second kappa shape index (κ2) is 5.50. The van der Waals surface area contributed by atoms with E-state index in [4.69, 9.17) is 17.3 Å². The van der Waals surface area contributed by atoms with E-state index in [1.165, 1.54) is 12.1 Å². The normalized spacial score (nSPS) is 12.3. The Labute approximate surface area is 112 Å². The van der Waals surface area contributed by atoms with Gasteiger partial charge in [0.15, 0.2) is 0 Å². The molecule has 0 bridgehead atoms. The Morgan fingerprint density at radius 3 is 2.67 bits per heavy atom. The van der Waals surface area contributed by atoms with Gasteiger partial charge in [0, 0.05) is 15.6 Å². The van der Waals surface area contributed by atoms with Gasteiger partial charge in [0.2, 0.25) is 0 Å². The van der Waals surface area contributed by atoms with E-state index in [0.717, 1.165) is 0 Å².